The van der Waals surface area contributed by atoms with E-state index in [4.69, 9.17) is 4.74 Å². The molecule has 0 N–H and O–H groups in total. The summed E-state index contributed by atoms with van der Waals surface area (Å²) in [5.41, 5.74) is 1.09. The van der Waals surface area contributed by atoms with Crippen LogP contribution in [-0.2, 0) is 14.8 Å². The molecule has 0 bridgehead atoms. The third-order valence-corrected chi connectivity index (χ3v) is 7.00. The van der Waals surface area contributed by atoms with E-state index in [1.54, 1.807) is 11.9 Å². The lowest BCUT2D eigenvalue weighted by Crippen LogP contribution is -2.46. The molecule has 27 heavy (non-hydrogen) atoms. The van der Waals surface area contributed by atoms with Crippen LogP contribution in [0, 0.1) is 12.8 Å². The Morgan fingerprint density at radius 2 is 2.07 bits per heavy atom. The lowest BCUT2D eigenvalue weighted by atomic mass is 9.98. The Balaban J connectivity index is 1.79. The molecule has 0 radical (unpaired) electrons. The summed E-state index contributed by atoms with van der Waals surface area (Å²) in [5, 5.41) is 0. The fourth-order valence-electron chi connectivity index (χ4n) is 3.41. The molecular formula is C20H32N2O4S. The zero-order valence-electron chi connectivity index (χ0n) is 16.7. The van der Waals surface area contributed by atoms with Crippen molar-refractivity contribution in [1.82, 2.24) is 9.21 Å². The Labute approximate surface area is 163 Å². The number of benzene rings is 1. The lowest BCUT2D eigenvalue weighted by molar-refractivity contribution is -0.135. The highest BCUT2D eigenvalue weighted by molar-refractivity contribution is 7.89. The number of piperidine rings is 1. The second-order valence-electron chi connectivity index (χ2n) is 7.24. The molecule has 1 aromatic carbocycles. The quantitative estimate of drug-likeness (QED) is 0.602. The second-order valence-corrected chi connectivity index (χ2v) is 9.33. The molecule has 0 spiro atoms. The van der Waals surface area contributed by atoms with Crippen molar-refractivity contribution in [3.63, 3.8) is 0 Å². The van der Waals surface area contributed by atoms with Gasteiger partial charge in [-0.05, 0) is 44.2 Å². The van der Waals surface area contributed by atoms with Crippen LogP contribution in [0.25, 0.3) is 0 Å². The van der Waals surface area contributed by atoms with Gasteiger partial charge in [-0.15, -0.1) is 0 Å². The number of carbonyl (C=O) groups is 1. The maximum atomic E-state index is 12.7. The minimum absolute atomic E-state index is 0.0299. The molecule has 1 amide bonds. The van der Waals surface area contributed by atoms with Crippen LogP contribution >= 0.6 is 0 Å². The van der Waals surface area contributed by atoms with Gasteiger partial charge in [0.05, 0.1) is 18.3 Å². The smallest absolute Gasteiger partial charge is 0.226 e. The molecule has 1 saturated heterocycles. The Bertz CT molecular complexity index is 720. The van der Waals surface area contributed by atoms with Gasteiger partial charge in [0.1, 0.15) is 5.75 Å². The maximum absolute atomic E-state index is 12.7. The molecule has 1 fully saturated rings. The summed E-state index contributed by atoms with van der Waals surface area (Å²) in [6.45, 7) is 5.85. The first kappa shape index (κ1) is 21.7. The molecule has 1 aromatic rings. The van der Waals surface area contributed by atoms with Gasteiger partial charge in [-0.1, -0.05) is 25.1 Å². The number of amides is 1. The molecule has 6 nitrogen and oxygen atoms in total. The summed E-state index contributed by atoms with van der Waals surface area (Å²) in [4.78, 5) is 14.4. The van der Waals surface area contributed by atoms with Crippen molar-refractivity contribution >= 4 is 15.9 Å². The van der Waals surface area contributed by atoms with Crippen LogP contribution < -0.4 is 4.74 Å². The minimum atomic E-state index is -3.24. The number of nitrogens with zero attached hydrogens (tertiary/aromatic N) is 2. The largest absolute Gasteiger partial charge is 0.493 e. The SMILES string of the molecule is CCCS(=O)(=O)N1CCCC(C(=O)N(C)CCCOc2ccccc2C)C1. The summed E-state index contributed by atoms with van der Waals surface area (Å²) in [5.74, 6) is 0.811. The van der Waals surface area contributed by atoms with E-state index in [0.29, 0.717) is 32.7 Å². The molecule has 1 unspecified atom stereocenters. The van der Waals surface area contributed by atoms with Crippen LogP contribution in [0.3, 0.4) is 0 Å². The zero-order valence-corrected chi connectivity index (χ0v) is 17.5. The fraction of sp³-hybridized carbons (Fsp3) is 0.650. The van der Waals surface area contributed by atoms with Gasteiger partial charge in [-0.3, -0.25) is 4.79 Å². The zero-order chi connectivity index (χ0) is 19.9. The summed E-state index contributed by atoms with van der Waals surface area (Å²) in [6, 6.07) is 7.87. The summed E-state index contributed by atoms with van der Waals surface area (Å²) in [6.07, 6.45) is 2.82. The number of ether oxygens (including phenoxy) is 1. The average Bonchev–Trinajstić information content (AvgIpc) is 2.66. The Kier molecular flexibility index (Phi) is 8.10. The van der Waals surface area contributed by atoms with Gasteiger partial charge in [0.25, 0.3) is 0 Å². The van der Waals surface area contributed by atoms with Crippen LogP contribution in [-0.4, -0.2) is 62.6 Å². The molecule has 1 aliphatic rings. The van der Waals surface area contributed by atoms with Crippen LogP contribution in [0.4, 0.5) is 0 Å². The Morgan fingerprint density at radius 1 is 1.33 bits per heavy atom. The van der Waals surface area contributed by atoms with Crippen LogP contribution in [0.5, 0.6) is 5.75 Å². The van der Waals surface area contributed by atoms with Gasteiger partial charge in [-0.2, -0.15) is 0 Å². The van der Waals surface area contributed by atoms with Gasteiger partial charge in [0.2, 0.25) is 15.9 Å². The van der Waals surface area contributed by atoms with E-state index < -0.39 is 10.0 Å². The van der Waals surface area contributed by atoms with Crippen LogP contribution in [0.1, 0.15) is 38.2 Å². The van der Waals surface area contributed by atoms with E-state index >= 15 is 0 Å². The number of rotatable bonds is 9. The molecule has 0 aromatic heterocycles. The average molecular weight is 397 g/mol. The van der Waals surface area contributed by atoms with E-state index in [9.17, 15) is 13.2 Å². The highest BCUT2D eigenvalue weighted by Gasteiger charge is 2.32. The molecule has 0 saturated carbocycles. The van der Waals surface area contributed by atoms with E-state index in [1.165, 1.54) is 4.31 Å². The number of carbonyl (C=O) groups excluding carboxylic acids is 1. The monoisotopic (exact) mass is 396 g/mol. The van der Waals surface area contributed by atoms with Gasteiger partial charge >= 0.3 is 0 Å². The molecule has 152 valence electrons. The number of para-hydroxylation sites is 1. The van der Waals surface area contributed by atoms with Crippen molar-refractivity contribution in [2.75, 3.05) is 39.0 Å². The predicted octanol–water partition coefficient (Wildman–Crippen LogP) is 2.67. The number of hydrogen-bond acceptors (Lipinski definition) is 4. The van der Waals surface area contributed by atoms with Crippen molar-refractivity contribution in [2.45, 2.75) is 39.5 Å². The van der Waals surface area contributed by atoms with Gasteiger partial charge < -0.3 is 9.64 Å². The van der Waals surface area contributed by atoms with Crippen molar-refractivity contribution in [1.29, 1.82) is 0 Å². The van der Waals surface area contributed by atoms with E-state index in [-0.39, 0.29) is 17.6 Å². The molecule has 1 heterocycles. The highest BCUT2D eigenvalue weighted by Crippen LogP contribution is 2.22. The molecule has 0 aliphatic carbocycles. The molecular weight excluding hydrogens is 364 g/mol. The van der Waals surface area contributed by atoms with Gasteiger partial charge in [0.15, 0.2) is 0 Å². The first-order valence-electron chi connectivity index (χ1n) is 9.76. The maximum Gasteiger partial charge on any atom is 0.226 e. The van der Waals surface area contributed by atoms with Crippen molar-refractivity contribution in [2.24, 2.45) is 5.92 Å². The summed E-state index contributed by atoms with van der Waals surface area (Å²) < 4.78 is 31.8. The fourth-order valence-corrected chi connectivity index (χ4v) is 5.00. The number of sulfonamides is 1. The van der Waals surface area contributed by atoms with Crippen LogP contribution in [0.2, 0.25) is 0 Å². The molecule has 2 rings (SSSR count). The third kappa shape index (κ3) is 6.21. The first-order chi connectivity index (χ1) is 12.8. The van der Waals surface area contributed by atoms with Gasteiger partial charge in [-0.25, -0.2) is 12.7 Å². The topological polar surface area (TPSA) is 66.9 Å². The van der Waals surface area contributed by atoms with Crippen molar-refractivity contribution in [3.8, 4) is 5.75 Å². The number of hydrogen-bond donors (Lipinski definition) is 0. The number of aryl methyl sites for hydroxylation is 1. The van der Waals surface area contributed by atoms with Gasteiger partial charge in [0, 0.05) is 26.7 Å². The Hall–Kier alpha value is -1.60. The first-order valence-corrected chi connectivity index (χ1v) is 11.4. The Morgan fingerprint density at radius 3 is 2.78 bits per heavy atom. The molecule has 7 heteroatoms. The molecule has 1 aliphatic heterocycles. The van der Waals surface area contributed by atoms with Crippen LogP contribution in [0.15, 0.2) is 24.3 Å². The van der Waals surface area contributed by atoms with E-state index in [1.807, 2.05) is 38.1 Å². The predicted molar refractivity (Wildman–Crippen MR) is 107 cm³/mol. The summed E-state index contributed by atoms with van der Waals surface area (Å²) >= 11 is 0. The van der Waals surface area contributed by atoms with E-state index in [0.717, 1.165) is 30.6 Å². The summed E-state index contributed by atoms with van der Waals surface area (Å²) in [7, 11) is -1.45. The normalized spacial score (nSPS) is 18.3. The molecule has 1 atom stereocenters. The minimum Gasteiger partial charge on any atom is -0.493 e. The third-order valence-electron chi connectivity index (χ3n) is 4.95. The van der Waals surface area contributed by atoms with E-state index in [2.05, 4.69) is 0 Å². The van der Waals surface area contributed by atoms with Crippen molar-refractivity contribution < 1.29 is 17.9 Å². The highest BCUT2D eigenvalue weighted by atomic mass is 32.2. The second kappa shape index (κ2) is 10.1. The van der Waals surface area contributed by atoms with Crippen molar-refractivity contribution in [3.05, 3.63) is 29.8 Å². The standard InChI is InChI=1S/C20H32N2O4S/c1-4-15-27(24,25)22-13-7-10-18(16-22)20(23)21(3)12-8-14-26-19-11-6-5-9-17(19)2/h5-6,9,11,18H,4,7-8,10,12-16H2,1-3H3. The lowest BCUT2D eigenvalue weighted by Gasteiger charge is -2.33.